The van der Waals surface area contributed by atoms with E-state index in [4.69, 9.17) is 20.8 Å². The first kappa shape index (κ1) is 18.8. The van der Waals surface area contributed by atoms with E-state index in [0.29, 0.717) is 23.3 Å². The van der Waals surface area contributed by atoms with Gasteiger partial charge in [0.05, 0.1) is 0 Å². The number of halogens is 1. The van der Waals surface area contributed by atoms with Gasteiger partial charge in [-0.1, -0.05) is 47.5 Å². The minimum Gasteiger partial charge on any atom is -0.483 e. The molecule has 0 aliphatic carbocycles. The molecular weight excluding hydrogens is 362 g/mol. The van der Waals surface area contributed by atoms with E-state index in [9.17, 15) is 5.26 Å². The van der Waals surface area contributed by atoms with Crippen molar-refractivity contribution in [3.63, 3.8) is 0 Å². The van der Waals surface area contributed by atoms with Crippen molar-refractivity contribution < 1.29 is 9.15 Å². The van der Waals surface area contributed by atoms with Crippen LogP contribution in [0.25, 0.3) is 0 Å². The Labute approximate surface area is 163 Å². The van der Waals surface area contributed by atoms with Crippen LogP contribution in [0.2, 0.25) is 5.02 Å². The normalized spacial score (nSPS) is 10.5. The zero-order valence-electron chi connectivity index (χ0n) is 15.5. The maximum absolute atomic E-state index is 9.31. The van der Waals surface area contributed by atoms with Gasteiger partial charge in [-0.05, 0) is 43.5 Å². The first-order chi connectivity index (χ1) is 13.0. The average molecular weight is 382 g/mol. The topological polar surface area (TPSA) is 71.1 Å². The number of anilines is 1. The summed E-state index contributed by atoms with van der Waals surface area (Å²) in [5.41, 5.74) is 4.39. The predicted octanol–water partition coefficient (Wildman–Crippen LogP) is 5.32. The smallest absolute Gasteiger partial charge is 0.236 e. The molecule has 1 aromatic heterocycles. The lowest BCUT2D eigenvalue weighted by atomic mass is 10.1. The zero-order valence-corrected chi connectivity index (χ0v) is 16.2. The summed E-state index contributed by atoms with van der Waals surface area (Å²) in [6, 6.07) is 13.7. The number of hydrogen-bond donors (Lipinski definition) is 1. The second-order valence-electron chi connectivity index (χ2n) is 6.36. The number of ether oxygens (including phenoxy) is 1. The van der Waals surface area contributed by atoms with Gasteiger partial charge in [0.15, 0.2) is 6.61 Å². The van der Waals surface area contributed by atoms with Gasteiger partial charge in [-0.25, -0.2) is 0 Å². The molecule has 0 amide bonds. The number of aromatic nitrogens is 1. The summed E-state index contributed by atoms with van der Waals surface area (Å²) in [4.78, 5) is 4.21. The van der Waals surface area contributed by atoms with Crippen LogP contribution in [0, 0.1) is 32.1 Å². The molecule has 1 N–H and O–H groups in total. The number of rotatable bonds is 6. The van der Waals surface area contributed by atoms with E-state index in [2.05, 4.69) is 22.4 Å². The lowest BCUT2D eigenvalue weighted by Crippen LogP contribution is -2.00. The maximum atomic E-state index is 9.31. The van der Waals surface area contributed by atoms with Crippen LogP contribution in [0.1, 0.15) is 33.8 Å². The Hall–Kier alpha value is -2.97. The van der Waals surface area contributed by atoms with Gasteiger partial charge < -0.3 is 14.5 Å². The second-order valence-corrected chi connectivity index (χ2v) is 6.77. The van der Waals surface area contributed by atoms with Crippen LogP contribution in [0.4, 0.5) is 5.88 Å². The van der Waals surface area contributed by atoms with E-state index in [-0.39, 0.29) is 12.3 Å². The van der Waals surface area contributed by atoms with Crippen molar-refractivity contribution in [1.29, 1.82) is 5.26 Å². The van der Waals surface area contributed by atoms with Gasteiger partial charge in [-0.3, -0.25) is 0 Å². The van der Waals surface area contributed by atoms with Gasteiger partial charge in [0.2, 0.25) is 17.5 Å². The average Bonchev–Trinajstić information content (AvgIpc) is 3.02. The van der Waals surface area contributed by atoms with Crippen molar-refractivity contribution in [2.45, 2.75) is 33.9 Å². The molecule has 27 heavy (non-hydrogen) atoms. The first-order valence-electron chi connectivity index (χ1n) is 8.55. The molecule has 0 aliphatic rings. The summed E-state index contributed by atoms with van der Waals surface area (Å²) in [7, 11) is 0. The Morgan fingerprint density at radius 1 is 1.19 bits per heavy atom. The number of oxazole rings is 1. The molecular formula is C21H20ClN3O2. The number of aryl methyl sites for hydroxylation is 3. The lowest BCUT2D eigenvalue weighted by Gasteiger charge is -2.11. The highest BCUT2D eigenvalue weighted by molar-refractivity contribution is 6.31. The monoisotopic (exact) mass is 381 g/mol. The molecule has 0 saturated carbocycles. The molecule has 138 valence electrons. The van der Waals surface area contributed by atoms with E-state index in [1.54, 1.807) is 0 Å². The molecule has 0 unspecified atom stereocenters. The Bertz CT molecular complexity index is 982. The minimum atomic E-state index is 0.146. The summed E-state index contributed by atoms with van der Waals surface area (Å²) in [5.74, 6) is 1.46. The largest absolute Gasteiger partial charge is 0.483 e. The summed E-state index contributed by atoms with van der Waals surface area (Å²) in [6.45, 7) is 6.63. The van der Waals surface area contributed by atoms with Gasteiger partial charge >= 0.3 is 0 Å². The third-order valence-electron chi connectivity index (χ3n) is 4.12. The molecule has 0 bridgehead atoms. The maximum Gasteiger partial charge on any atom is 0.236 e. The van der Waals surface area contributed by atoms with Gasteiger partial charge in [-0.15, -0.1) is 0 Å². The standard InChI is InChI=1S/C21H20ClN3O2/c1-13-8-14(2)20(15(3)9-13)26-12-19-25-18(10-23)21(27-19)24-11-16-6-4-5-7-17(16)22/h4-9,24H,11-12H2,1-3H3. The fourth-order valence-electron chi connectivity index (χ4n) is 2.97. The van der Waals surface area contributed by atoms with E-state index >= 15 is 0 Å². The quantitative estimate of drug-likeness (QED) is 0.626. The van der Waals surface area contributed by atoms with E-state index in [0.717, 1.165) is 22.4 Å². The van der Waals surface area contributed by atoms with Crippen molar-refractivity contribution in [2.75, 3.05) is 5.32 Å². The molecule has 0 aliphatic heterocycles. The van der Waals surface area contributed by atoms with Gasteiger partial charge in [0, 0.05) is 11.6 Å². The van der Waals surface area contributed by atoms with Crippen molar-refractivity contribution in [3.05, 3.63) is 75.3 Å². The zero-order chi connectivity index (χ0) is 19.4. The van der Waals surface area contributed by atoms with E-state index in [1.165, 1.54) is 5.56 Å². The van der Waals surface area contributed by atoms with Crippen LogP contribution < -0.4 is 10.1 Å². The molecule has 0 atom stereocenters. The number of hydrogen-bond acceptors (Lipinski definition) is 5. The molecule has 0 fully saturated rings. The molecule has 6 heteroatoms. The molecule has 1 heterocycles. The lowest BCUT2D eigenvalue weighted by molar-refractivity contribution is 0.261. The number of nitriles is 1. The van der Waals surface area contributed by atoms with Crippen LogP contribution in [-0.2, 0) is 13.2 Å². The summed E-state index contributed by atoms with van der Waals surface area (Å²) < 4.78 is 11.6. The summed E-state index contributed by atoms with van der Waals surface area (Å²) in [5, 5.41) is 13.0. The molecule has 2 aromatic carbocycles. The number of nitrogens with one attached hydrogen (secondary N) is 1. The number of nitrogens with zero attached hydrogens (tertiary/aromatic N) is 2. The van der Waals surface area contributed by atoms with Crippen molar-refractivity contribution in [1.82, 2.24) is 4.98 Å². The fraction of sp³-hybridized carbons (Fsp3) is 0.238. The van der Waals surface area contributed by atoms with Gasteiger partial charge in [0.25, 0.3) is 0 Å². The van der Waals surface area contributed by atoms with Crippen LogP contribution in [0.3, 0.4) is 0 Å². The van der Waals surface area contributed by atoms with Crippen LogP contribution in [0.5, 0.6) is 5.75 Å². The first-order valence-corrected chi connectivity index (χ1v) is 8.93. The third kappa shape index (κ3) is 4.42. The molecule has 0 radical (unpaired) electrons. The molecule has 0 saturated heterocycles. The molecule has 3 aromatic rings. The van der Waals surface area contributed by atoms with Crippen molar-refractivity contribution in [2.24, 2.45) is 0 Å². The fourth-order valence-corrected chi connectivity index (χ4v) is 3.17. The Kier molecular flexibility index (Phi) is 5.68. The summed E-state index contributed by atoms with van der Waals surface area (Å²) >= 11 is 6.16. The van der Waals surface area contributed by atoms with Crippen LogP contribution in [-0.4, -0.2) is 4.98 Å². The second kappa shape index (κ2) is 8.15. The van der Waals surface area contributed by atoms with Crippen molar-refractivity contribution >= 4 is 17.5 Å². The van der Waals surface area contributed by atoms with Gasteiger partial charge in [-0.2, -0.15) is 10.2 Å². The Morgan fingerprint density at radius 2 is 1.89 bits per heavy atom. The van der Waals surface area contributed by atoms with Crippen LogP contribution >= 0.6 is 11.6 Å². The predicted molar refractivity (Wildman–Crippen MR) is 105 cm³/mol. The highest BCUT2D eigenvalue weighted by Crippen LogP contribution is 2.26. The van der Waals surface area contributed by atoms with E-state index < -0.39 is 0 Å². The summed E-state index contributed by atoms with van der Waals surface area (Å²) in [6.07, 6.45) is 0. The molecule has 5 nitrogen and oxygen atoms in total. The third-order valence-corrected chi connectivity index (χ3v) is 4.49. The minimum absolute atomic E-state index is 0.146. The van der Waals surface area contributed by atoms with E-state index in [1.807, 2.05) is 51.1 Å². The highest BCUT2D eigenvalue weighted by Gasteiger charge is 2.15. The van der Waals surface area contributed by atoms with Gasteiger partial charge in [0.1, 0.15) is 11.8 Å². The Morgan fingerprint density at radius 3 is 2.56 bits per heavy atom. The molecule has 3 rings (SSSR count). The van der Waals surface area contributed by atoms with Crippen LogP contribution in [0.15, 0.2) is 40.8 Å². The SMILES string of the molecule is Cc1cc(C)c(OCc2nc(C#N)c(NCc3ccccc3Cl)o2)c(C)c1. The Balaban J connectivity index is 1.71. The van der Waals surface area contributed by atoms with Crippen molar-refractivity contribution in [3.8, 4) is 11.8 Å². The number of benzene rings is 2. The highest BCUT2D eigenvalue weighted by atomic mass is 35.5. The molecule has 0 spiro atoms.